The fourth-order valence-electron chi connectivity index (χ4n) is 2.88. The number of hydrogen-bond donors (Lipinski definition) is 1. The lowest BCUT2D eigenvalue weighted by atomic mass is 9.87. The van der Waals surface area contributed by atoms with Crippen LogP contribution in [-0.2, 0) is 9.59 Å². The first kappa shape index (κ1) is 17.7. The van der Waals surface area contributed by atoms with E-state index in [-0.39, 0.29) is 18.1 Å². The minimum absolute atomic E-state index is 0.172. The van der Waals surface area contributed by atoms with Crippen LogP contribution in [0.25, 0.3) is 0 Å². The topological polar surface area (TPSA) is 54.4 Å². The van der Waals surface area contributed by atoms with Gasteiger partial charge in [-0.3, -0.25) is 9.59 Å². The molecule has 0 spiro atoms. The SMILES string of the molecule is CCC=CCC1C=CC(=O)C1CCCCCCCC(=O)O. The van der Waals surface area contributed by atoms with Gasteiger partial charge in [-0.1, -0.05) is 50.8 Å². The number of carbonyl (C=O) groups is 2. The minimum atomic E-state index is -0.708. The molecule has 1 aliphatic rings. The van der Waals surface area contributed by atoms with Crippen molar-refractivity contribution in [3.05, 3.63) is 24.3 Å². The van der Waals surface area contributed by atoms with Crippen LogP contribution in [0.5, 0.6) is 0 Å². The predicted molar refractivity (Wildman–Crippen MR) is 85.1 cm³/mol. The second-order valence-corrected chi connectivity index (χ2v) is 5.85. The first-order chi connectivity index (χ1) is 10.1. The van der Waals surface area contributed by atoms with E-state index in [4.69, 9.17) is 5.11 Å². The van der Waals surface area contributed by atoms with E-state index in [0.29, 0.717) is 5.92 Å². The lowest BCUT2D eigenvalue weighted by Crippen LogP contribution is -2.15. The van der Waals surface area contributed by atoms with Gasteiger partial charge in [0, 0.05) is 12.3 Å². The monoisotopic (exact) mass is 292 g/mol. The third-order valence-corrected chi connectivity index (χ3v) is 4.11. The molecule has 2 atom stereocenters. The molecule has 3 heteroatoms. The number of aliphatic carboxylic acids is 1. The van der Waals surface area contributed by atoms with E-state index < -0.39 is 5.97 Å². The van der Waals surface area contributed by atoms with Gasteiger partial charge in [-0.25, -0.2) is 0 Å². The summed E-state index contributed by atoms with van der Waals surface area (Å²) in [6, 6.07) is 0. The zero-order chi connectivity index (χ0) is 15.5. The van der Waals surface area contributed by atoms with Crippen molar-refractivity contribution in [3.63, 3.8) is 0 Å². The summed E-state index contributed by atoms with van der Waals surface area (Å²) in [5, 5.41) is 8.56. The highest BCUT2D eigenvalue weighted by atomic mass is 16.4. The summed E-state index contributed by atoms with van der Waals surface area (Å²) in [4.78, 5) is 22.3. The Morgan fingerprint density at radius 3 is 2.62 bits per heavy atom. The Morgan fingerprint density at radius 2 is 1.90 bits per heavy atom. The molecule has 0 fully saturated rings. The average Bonchev–Trinajstić information content (AvgIpc) is 2.79. The van der Waals surface area contributed by atoms with Crippen molar-refractivity contribution < 1.29 is 14.7 Å². The lowest BCUT2D eigenvalue weighted by molar-refractivity contribution is -0.137. The van der Waals surface area contributed by atoms with Gasteiger partial charge < -0.3 is 5.11 Å². The molecule has 0 bridgehead atoms. The third kappa shape index (κ3) is 7.26. The molecule has 0 saturated heterocycles. The van der Waals surface area contributed by atoms with E-state index >= 15 is 0 Å². The van der Waals surface area contributed by atoms with E-state index in [1.807, 2.05) is 0 Å². The van der Waals surface area contributed by atoms with Crippen molar-refractivity contribution in [1.29, 1.82) is 0 Å². The standard InChI is InChI=1S/C18H28O3/c1-2-3-7-10-15-13-14-17(19)16(15)11-8-5-4-6-9-12-18(20)21/h3,7,13-16H,2,4-6,8-12H2,1H3,(H,20,21). The molecule has 0 amide bonds. The summed E-state index contributed by atoms with van der Waals surface area (Å²) in [6.07, 6.45) is 16.4. The van der Waals surface area contributed by atoms with Crippen LogP contribution in [-0.4, -0.2) is 16.9 Å². The maximum atomic E-state index is 11.9. The number of rotatable bonds is 11. The van der Waals surface area contributed by atoms with E-state index in [0.717, 1.165) is 51.4 Å². The first-order valence-corrected chi connectivity index (χ1v) is 8.24. The van der Waals surface area contributed by atoms with Gasteiger partial charge in [0.25, 0.3) is 0 Å². The number of carboxylic acids is 1. The minimum Gasteiger partial charge on any atom is -0.481 e. The Labute approximate surface area is 128 Å². The number of allylic oxidation sites excluding steroid dienone is 4. The molecule has 118 valence electrons. The normalized spacial score (nSPS) is 21.5. The van der Waals surface area contributed by atoms with Gasteiger partial charge in [0.05, 0.1) is 0 Å². The van der Waals surface area contributed by atoms with Crippen LogP contribution >= 0.6 is 0 Å². The van der Waals surface area contributed by atoms with Crippen LogP contribution in [0.1, 0.15) is 64.7 Å². The molecule has 0 aromatic carbocycles. The van der Waals surface area contributed by atoms with Crippen LogP contribution in [0.2, 0.25) is 0 Å². The maximum absolute atomic E-state index is 11.9. The van der Waals surface area contributed by atoms with Crippen molar-refractivity contribution >= 4 is 11.8 Å². The van der Waals surface area contributed by atoms with Crippen LogP contribution in [0.15, 0.2) is 24.3 Å². The highest BCUT2D eigenvalue weighted by Crippen LogP contribution is 2.30. The summed E-state index contributed by atoms with van der Waals surface area (Å²) in [6.45, 7) is 2.12. The van der Waals surface area contributed by atoms with E-state index in [9.17, 15) is 9.59 Å². The Kier molecular flexibility index (Phi) is 8.72. The van der Waals surface area contributed by atoms with Gasteiger partial charge in [0.1, 0.15) is 0 Å². The van der Waals surface area contributed by atoms with Gasteiger partial charge in [0.2, 0.25) is 0 Å². The molecular formula is C18H28O3. The molecule has 3 nitrogen and oxygen atoms in total. The Hall–Kier alpha value is -1.38. The Bertz CT molecular complexity index is 382. The second kappa shape index (κ2) is 10.4. The number of ketones is 1. The van der Waals surface area contributed by atoms with Gasteiger partial charge in [-0.05, 0) is 37.7 Å². The van der Waals surface area contributed by atoms with Gasteiger partial charge >= 0.3 is 5.97 Å². The molecule has 0 saturated carbocycles. The maximum Gasteiger partial charge on any atom is 0.303 e. The van der Waals surface area contributed by atoms with Crippen molar-refractivity contribution in [2.75, 3.05) is 0 Å². The largest absolute Gasteiger partial charge is 0.481 e. The van der Waals surface area contributed by atoms with Crippen molar-refractivity contribution in [1.82, 2.24) is 0 Å². The van der Waals surface area contributed by atoms with Crippen LogP contribution < -0.4 is 0 Å². The van der Waals surface area contributed by atoms with Gasteiger partial charge in [-0.2, -0.15) is 0 Å². The Morgan fingerprint density at radius 1 is 1.19 bits per heavy atom. The summed E-state index contributed by atoms with van der Waals surface area (Å²) in [5.41, 5.74) is 0. The number of carboxylic acid groups (broad SMARTS) is 1. The molecule has 21 heavy (non-hydrogen) atoms. The van der Waals surface area contributed by atoms with E-state index in [1.165, 1.54) is 0 Å². The number of carbonyl (C=O) groups excluding carboxylic acids is 1. The van der Waals surface area contributed by atoms with Gasteiger partial charge in [0.15, 0.2) is 5.78 Å². The summed E-state index contributed by atoms with van der Waals surface area (Å²) in [5.74, 6) is 0.134. The summed E-state index contributed by atoms with van der Waals surface area (Å²) in [7, 11) is 0. The highest BCUT2D eigenvalue weighted by Gasteiger charge is 2.28. The molecule has 0 aromatic heterocycles. The van der Waals surface area contributed by atoms with Crippen molar-refractivity contribution in [2.24, 2.45) is 11.8 Å². The average molecular weight is 292 g/mol. The van der Waals surface area contributed by atoms with E-state index in [1.54, 1.807) is 6.08 Å². The van der Waals surface area contributed by atoms with E-state index in [2.05, 4.69) is 25.2 Å². The Balaban J connectivity index is 2.15. The molecule has 1 aliphatic carbocycles. The van der Waals surface area contributed by atoms with Crippen LogP contribution in [0.4, 0.5) is 0 Å². The predicted octanol–water partition coefficient (Wildman–Crippen LogP) is 4.53. The molecule has 0 aliphatic heterocycles. The molecular weight excluding hydrogens is 264 g/mol. The quantitative estimate of drug-likeness (QED) is 0.449. The smallest absolute Gasteiger partial charge is 0.303 e. The molecule has 1 N–H and O–H groups in total. The second-order valence-electron chi connectivity index (χ2n) is 5.85. The fourth-order valence-corrected chi connectivity index (χ4v) is 2.88. The molecule has 0 aromatic rings. The third-order valence-electron chi connectivity index (χ3n) is 4.11. The van der Waals surface area contributed by atoms with Crippen molar-refractivity contribution in [3.8, 4) is 0 Å². The molecule has 2 unspecified atom stereocenters. The van der Waals surface area contributed by atoms with Crippen LogP contribution in [0, 0.1) is 11.8 Å². The summed E-state index contributed by atoms with van der Waals surface area (Å²) >= 11 is 0. The molecule has 0 heterocycles. The zero-order valence-electron chi connectivity index (χ0n) is 13.1. The number of hydrogen-bond acceptors (Lipinski definition) is 2. The van der Waals surface area contributed by atoms with Crippen LogP contribution in [0.3, 0.4) is 0 Å². The molecule has 0 radical (unpaired) electrons. The first-order valence-electron chi connectivity index (χ1n) is 8.24. The lowest BCUT2D eigenvalue weighted by Gasteiger charge is -2.16. The summed E-state index contributed by atoms with van der Waals surface area (Å²) < 4.78 is 0. The highest BCUT2D eigenvalue weighted by molar-refractivity contribution is 5.94. The van der Waals surface area contributed by atoms with Crippen molar-refractivity contribution in [2.45, 2.75) is 64.7 Å². The zero-order valence-corrected chi connectivity index (χ0v) is 13.1. The number of unbranched alkanes of at least 4 members (excludes halogenated alkanes) is 4. The fraction of sp³-hybridized carbons (Fsp3) is 0.667. The van der Waals surface area contributed by atoms with Gasteiger partial charge in [-0.15, -0.1) is 0 Å². The molecule has 1 rings (SSSR count).